The van der Waals surface area contributed by atoms with E-state index >= 15 is 0 Å². The molecule has 4 heteroatoms. The summed E-state index contributed by atoms with van der Waals surface area (Å²) in [5.41, 5.74) is 8.42. The van der Waals surface area contributed by atoms with Crippen molar-refractivity contribution in [2.45, 2.75) is 13.5 Å². The highest BCUT2D eigenvalue weighted by Crippen LogP contribution is 2.14. The molecule has 1 aromatic heterocycles. The van der Waals surface area contributed by atoms with Crippen LogP contribution in [0, 0.1) is 6.92 Å². The fourth-order valence-electron chi connectivity index (χ4n) is 1.45. The molecule has 0 radical (unpaired) electrons. The summed E-state index contributed by atoms with van der Waals surface area (Å²) in [5, 5.41) is 0. The van der Waals surface area contributed by atoms with Gasteiger partial charge in [-0.2, -0.15) is 0 Å². The lowest BCUT2D eigenvalue weighted by atomic mass is 10.2. The van der Waals surface area contributed by atoms with Gasteiger partial charge >= 0.3 is 0 Å². The summed E-state index contributed by atoms with van der Waals surface area (Å²) in [6.07, 6.45) is 0. The van der Waals surface area contributed by atoms with Crippen LogP contribution in [0.1, 0.15) is 11.4 Å². The van der Waals surface area contributed by atoms with E-state index in [1.54, 1.807) is 0 Å². The summed E-state index contributed by atoms with van der Waals surface area (Å²) in [7, 11) is 0. The predicted octanol–water partition coefficient (Wildman–Crippen LogP) is 2.33. The van der Waals surface area contributed by atoms with Gasteiger partial charge in [0.2, 0.25) is 0 Å². The van der Waals surface area contributed by atoms with Crippen LogP contribution >= 0.6 is 12.4 Å². The third kappa shape index (κ3) is 2.78. The van der Waals surface area contributed by atoms with Crippen molar-refractivity contribution in [3.05, 3.63) is 47.8 Å². The fourth-order valence-corrected chi connectivity index (χ4v) is 1.45. The summed E-state index contributed by atoms with van der Waals surface area (Å²) >= 11 is 0. The van der Waals surface area contributed by atoms with E-state index < -0.39 is 0 Å². The van der Waals surface area contributed by atoms with Gasteiger partial charge in [-0.15, -0.1) is 12.4 Å². The number of aromatic nitrogens is 2. The standard InChI is InChI=1S/C12H13N3.ClH/c1-9-7-11(8-13)15-12(14-9)10-5-3-2-4-6-10;/h2-7H,8,13H2,1H3;1H. The highest BCUT2D eigenvalue weighted by molar-refractivity contribution is 5.85. The molecular weight excluding hydrogens is 222 g/mol. The van der Waals surface area contributed by atoms with Crippen molar-refractivity contribution in [3.8, 4) is 11.4 Å². The SMILES string of the molecule is Cc1cc(CN)nc(-c2ccccc2)n1.Cl. The molecule has 0 bridgehead atoms. The Hall–Kier alpha value is -1.45. The Balaban J connectivity index is 0.00000128. The summed E-state index contributed by atoms with van der Waals surface area (Å²) in [6, 6.07) is 11.8. The van der Waals surface area contributed by atoms with Crippen LogP contribution in [0.3, 0.4) is 0 Å². The molecule has 0 atom stereocenters. The zero-order chi connectivity index (χ0) is 10.7. The second-order valence-corrected chi connectivity index (χ2v) is 3.39. The van der Waals surface area contributed by atoms with Crippen LogP contribution in [0.15, 0.2) is 36.4 Å². The van der Waals surface area contributed by atoms with E-state index in [1.807, 2.05) is 43.3 Å². The molecule has 2 rings (SSSR count). The van der Waals surface area contributed by atoms with E-state index in [4.69, 9.17) is 5.73 Å². The van der Waals surface area contributed by atoms with E-state index in [9.17, 15) is 0 Å². The maximum Gasteiger partial charge on any atom is 0.159 e. The van der Waals surface area contributed by atoms with Crippen LogP contribution in [0.5, 0.6) is 0 Å². The van der Waals surface area contributed by atoms with Gasteiger partial charge < -0.3 is 5.73 Å². The minimum absolute atomic E-state index is 0. The van der Waals surface area contributed by atoms with Crippen LogP contribution in [0.25, 0.3) is 11.4 Å². The number of hydrogen-bond donors (Lipinski definition) is 1. The molecule has 1 aromatic carbocycles. The number of halogens is 1. The molecule has 0 fully saturated rings. The van der Waals surface area contributed by atoms with Crippen molar-refractivity contribution < 1.29 is 0 Å². The molecule has 1 heterocycles. The average molecular weight is 236 g/mol. The number of aryl methyl sites for hydroxylation is 1. The molecule has 0 aliphatic carbocycles. The van der Waals surface area contributed by atoms with Crippen LogP contribution in [-0.2, 0) is 6.54 Å². The molecule has 2 N–H and O–H groups in total. The van der Waals surface area contributed by atoms with Crippen molar-refractivity contribution in [2.24, 2.45) is 5.73 Å². The first-order valence-corrected chi connectivity index (χ1v) is 4.89. The second-order valence-electron chi connectivity index (χ2n) is 3.39. The van der Waals surface area contributed by atoms with Crippen LogP contribution in [0.4, 0.5) is 0 Å². The summed E-state index contributed by atoms with van der Waals surface area (Å²) in [6.45, 7) is 2.40. The van der Waals surface area contributed by atoms with Gasteiger partial charge in [0, 0.05) is 17.8 Å². The number of rotatable bonds is 2. The molecule has 0 saturated carbocycles. The first-order valence-electron chi connectivity index (χ1n) is 4.89. The Kier molecular flexibility index (Phi) is 4.40. The zero-order valence-corrected chi connectivity index (χ0v) is 9.87. The molecular formula is C12H14ClN3. The molecule has 0 unspecified atom stereocenters. The van der Waals surface area contributed by atoms with Gasteiger partial charge in [0.05, 0.1) is 5.69 Å². The Bertz CT molecular complexity index is 457. The quantitative estimate of drug-likeness (QED) is 0.869. The summed E-state index contributed by atoms with van der Waals surface area (Å²) in [5.74, 6) is 0.746. The fraction of sp³-hybridized carbons (Fsp3) is 0.167. The first-order chi connectivity index (χ1) is 7.29. The Labute approximate surface area is 101 Å². The third-order valence-electron chi connectivity index (χ3n) is 2.15. The summed E-state index contributed by atoms with van der Waals surface area (Å²) < 4.78 is 0. The van der Waals surface area contributed by atoms with Crippen LogP contribution in [-0.4, -0.2) is 9.97 Å². The monoisotopic (exact) mass is 235 g/mol. The predicted molar refractivity (Wildman–Crippen MR) is 67.3 cm³/mol. The Morgan fingerprint density at radius 2 is 1.81 bits per heavy atom. The molecule has 0 aliphatic rings. The highest BCUT2D eigenvalue weighted by atomic mass is 35.5. The van der Waals surface area contributed by atoms with Crippen molar-refractivity contribution in [1.29, 1.82) is 0 Å². The van der Waals surface area contributed by atoms with Crippen molar-refractivity contribution in [2.75, 3.05) is 0 Å². The molecule has 84 valence electrons. The van der Waals surface area contributed by atoms with E-state index in [2.05, 4.69) is 9.97 Å². The van der Waals surface area contributed by atoms with Gasteiger partial charge in [-0.3, -0.25) is 0 Å². The smallest absolute Gasteiger partial charge is 0.159 e. The molecule has 0 saturated heterocycles. The highest BCUT2D eigenvalue weighted by Gasteiger charge is 2.02. The van der Waals surface area contributed by atoms with Gasteiger partial charge in [-0.1, -0.05) is 30.3 Å². The van der Waals surface area contributed by atoms with Crippen molar-refractivity contribution >= 4 is 12.4 Å². The lowest BCUT2D eigenvalue weighted by Gasteiger charge is -2.03. The second kappa shape index (κ2) is 5.58. The van der Waals surface area contributed by atoms with Gasteiger partial charge in [-0.05, 0) is 13.0 Å². The minimum Gasteiger partial charge on any atom is -0.325 e. The van der Waals surface area contributed by atoms with Crippen molar-refractivity contribution in [1.82, 2.24) is 9.97 Å². The average Bonchev–Trinajstić information content (AvgIpc) is 2.29. The van der Waals surface area contributed by atoms with E-state index in [0.717, 1.165) is 22.8 Å². The van der Waals surface area contributed by atoms with E-state index in [0.29, 0.717) is 6.54 Å². The molecule has 2 aromatic rings. The minimum atomic E-state index is 0. The molecule has 3 nitrogen and oxygen atoms in total. The largest absolute Gasteiger partial charge is 0.325 e. The Morgan fingerprint density at radius 3 is 2.44 bits per heavy atom. The van der Waals surface area contributed by atoms with Crippen LogP contribution in [0.2, 0.25) is 0 Å². The lowest BCUT2D eigenvalue weighted by Crippen LogP contribution is -2.03. The van der Waals surface area contributed by atoms with Crippen LogP contribution < -0.4 is 5.73 Å². The van der Waals surface area contributed by atoms with Gasteiger partial charge in [0.25, 0.3) is 0 Å². The van der Waals surface area contributed by atoms with E-state index in [1.165, 1.54) is 0 Å². The maximum atomic E-state index is 5.58. The topological polar surface area (TPSA) is 51.8 Å². The number of benzene rings is 1. The lowest BCUT2D eigenvalue weighted by molar-refractivity contribution is 0.953. The molecule has 16 heavy (non-hydrogen) atoms. The number of nitrogens with two attached hydrogens (primary N) is 1. The summed E-state index contributed by atoms with van der Waals surface area (Å²) in [4.78, 5) is 8.77. The van der Waals surface area contributed by atoms with E-state index in [-0.39, 0.29) is 12.4 Å². The van der Waals surface area contributed by atoms with Crippen molar-refractivity contribution in [3.63, 3.8) is 0 Å². The number of hydrogen-bond acceptors (Lipinski definition) is 3. The zero-order valence-electron chi connectivity index (χ0n) is 9.05. The first kappa shape index (κ1) is 12.6. The normalized spacial score (nSPS) is 9.62. The number of nitrogens with zero attached hydrogens (tertiary/aromatic N) is 2. The maximum absolute atomic E-state index is 5.58. The van der Waals surface area contributed by atoms with Gasteiger partial charge in [0.1, 0.15) is 0 Å². The Morgan fingerprint density at radius 1 is 1.12 bits per heavy atom. The third-order valence-corrected chi connectivity index (χ3v) is 2.15. The molecule has 0 amide bonds. The molecule has 0 aliphatic heterocycles. The van der Waals surface area contributed by atoms with Gasteiger partial charge in [-0.25, -0.2) is 9.97 Å². The molecule has 0 spiro atoms. The van der Waals surface area contributed by atoms with Gasteiger partial charge in [0.15, 0.2) is 5.82 Å².